The Hall–Kier alpha value is -3.35. The summed E-state index contributed by atoms with van der Waals surface area (Å²) < 4.78 is 1.83. The van der Waals surface area contributed by atoms with E-state index in [1.165, 1.54) is 6.42 Å². The molecule has 1 fully saturated rings. The fourth-order valence-corrected chi connectivity index (χ4v) is 3.86. The molecule has 1 aliphatic rings. The molecule has 27 heavy (non-hydrogen) atoms. The highest BCUT2D eigenvalue weighted by atomic mass is 16.2. The van der Waals surface area contributed by atoms with Crippen molar-refractivity contribution in [1.29, 1.82) is 0 Å². The molecule has 1 saturated heterocycles. The highest BCUT2D eigenvalue weighted by Crippen LogP contribution is 2.27. The third-order valence-corrected chi connectivity index (χ3v) is 5.30. The van der Waals surface area contributed by atoms with Gasteiger partial charge in [0.2, 0.25) is 0 Å². The Balaban J connectivity index is 1.59. The third-order valence-electron chi connectivity index (χ3n) is 5.30. The fraction of sp³-hybridized carbons (Fsp3) is 0.250. The lowest BCUT2D eigenvalue weighted by Gasteiger charge is -2.26. The molecular weight excluding hydrogens is 340 g/mol. The second-order valence-electron chi connectivity index (χ2n) is 6.99. The van der Waals surface area contributed by atoms with E-state index in [9.17, 15) is 4.79 Å². The Kier molecular flexibility index (Phi) is 3.60. The van der Waals surface area contributed by atoms with Gasteiger partial charge in [-0.1, -0.05) is 12.1 Å². The van der Waals surface area contributed by atoms with Crippen LogP contribution in [0.2, 0.25) is 0 Å². The first-order chi connectivity index (χ1) is 13.2. The Morgan fingerprint density at radius 1 is 1.11 bits per heavy atom. The number of aromatic nitrogens is 4. The molecule has 4 aromatic rings. The summed E-state index contributed by atoms with van der Waals surface area (Å²) in [5.74, 6) is 0.557. The molecule has 1 amide bonds. The van der Waals surface area contributed by atoms with Crippen LogP contribution in [0.15, 0.2) is 42.6 Å². The molecule has 0 saturated carbocycles. The second kappa shape index (κ2) is 6.12. The molecule has 1 aliphatic heterocycles. The van der Waals surface area contributed by atoms with Crippen molar-refractivity contribution < 1.29 is 4.79 Å². The maximum absolute atomic E-state index is 12.9. The number of nitrogen functional groups attached to an aromatic ring is 1. The minimum atomic E-state index is 0.0682. The predicted molar refractivity (Wildman–Crippen MR) is 104 cm³/mol. The summed E-state index contributed by atoms with van der Waals surface area (Å²) in [4.78, 5) is 14.9. The van der Waals surface area contributed by atoms with Gasteiger partial charge < -0.3 is 10.6 Å². The summed E-state index contributed by atoms with van der Waals surface area (Å²) in [5, 5.41) is 12.4. The number of hydrogen-bond donors (Lipinski definition) is 2. The smallest absolute Gasteiger partial charge is 0.257 e. The van der Waals surface area contributed by atoms with E-state index in [0.29, 0.717) is 11.4 Å². The van der Waals surface area contributed by atoms with Crippen LogP contribution in [0.5, 0.6) is 0 Å². The van der Waals surface area contributed by atoms with E-state index in [2.05, 4.69) is 15.3 Å². The first-order valence-corrected chi connectivity index (χ1v) is 9.22. The van der Waals surface area contributed by atoms with Gasteiger partial charge >= 0.3 is 0 Å². The largest absolute Gasteiger partial charge is 0.382 e. The number of fused-ring (bicyclic) bond motifs is 2. The van der Waals surface area contributed by atoms with Crippen LogP contribution in [0.1, 0.15) is 29.6 Å². The molecule has 0 radical (unpaired) electrons. The van der Waals surface area contributed by atoms with Gasteiger partial charge in [0.1, 0.15) is 0 Å². The zero-order chi connectivity index (χ0) is 18.4. The number of nitrogens with zero attached hydrogens (tertiary/aromatic N) is 4. The molecule has 1 aromatic carbocycles. The topological polar surface area (TPSA) is 92.3 Å². The molecule has 3 aromatic heterocycles. The number of piperidine rings is 1. The zero-order valence-corrected chi connectivity index (χ0v) is 14.9. The number of aromatic amines is 1. The van der Waals surface area contributed by atoms with Gasteiger partial charge in [0.15, 0.2) is 5.82 Å². The lowest BCUT2D eigenvalue weighted by molar-refractivity contribution is 0.0726. The molecule has 0 bridgehead atoms. The SMILES string of the molecule is Nc1n[nH]c2cc(-c3cccc4c(C(=O)N5CCCCC5)cnn34)ccc12. The lowest BCUT2D eigenvalue weighted by Crippen LogP contribution is -2.35. The average Bonchev–Trinajstić information content (AvgIpc) is 3.31. The molecule has 0 unspecified atom stereocenters. The van der Waals surface area contributed by atoms with Crippen molar-refractivity contribution in [2.45, 2.75) is 19.3 Å². The zero-order valence-electron chi connectivity index (χ0n) is 14.9. The number of carbonyl (C=O) groups excluding carboxylic acids is 1. The molecule has 0 atom stereocenters. The molecule has 7 heteroatoms. The summed E-state index contributed by atoms with van der Waals surface area (Å²) in [6.07, 6.45) is 5.03. The maximum Gasteiger partial charge on any atom is 0.257 e. The van der Waals surface area contributed by atoms with Gasteiger partial charge in [-0.05, 0) is 43.5 Å². The molecular formula is C20H20N6O. The summed E-state index contributed by atoms with van der Waals surface area (Å²) in [6, 6.07) is 11.9. The van der Waals surface area contributed by atoms with Crippen molar-refractivity contribution in [1.82, 2.24) is 24.7 Å². The van der Waals surface area contributed by atoms with Gasteiger partial charge in [-0.15, -0.1) is 0 Å². The van der Waals surface area contributed by atoms with Crippen LogP contribution in [0.3, 0.4) is 0 Å². The number of H-pyrrole nitrogens is 1. The standard InChI is InChI=1S/C20H20N6O/c21-19-14-8-7-13(11-16(14)23-24-19)17-5-4-6-18-15(12-22-26(17)18)20(27)25-9-2-1-3-10-25/h4-8,11-12H,1-3,9-10H2,(H3,21,23,24). The summed E-state index contributed by atoms with van der Waals surface area (Å²) in [6.45, 7) is 1.65. The van der Waals surface area contributed by atoms with Crippen molar-refractivity contribution in [2.24, 2.45) is 0 Å². The monoisotopic (exact) mass is 360 g/mol. The van der Waals surface area contributed by atoms with Crippen molar-refractivity contribution in [3.8, 4) is 11.3 Å². The number of amides is 1. The van der Waals surface area contributed by atoms with E-state index >= 15 is 0 Å². The van der Waals surface area contributed by atoms with Gasteiger partial charge in [-0.2, -0.15) is 10.2 Å². The Morgan fingerprint density at radius 2 is 1.96 bits per heavy atom. The van der Waals surface area contributed by atoms with Crippen molar-refractivity contribution >= 4 is 28.1 Å². The quantitative estimate of drug-likeness (QED) is 0.574. The van der Waals surface area contributed by atoms with Crippen LogP contribution in [0.25, 0.3) is 27.7 Å². The van der Waals surface area contributed by atoms with Crippen molar-refractivity contribution in [2.75, 3.05) is 18.8 Å². The maximum atomic E-state index is 12.9. The Bertz CT molecular complexity index is 1150. The molecule has 5 rings (SSSR count). The van der Waals surface area contributed by atoms with Gasteiger partial charge in [0.05, 0.1) is 28.5 Å². The van der Waals surface area contributed by atoms with Crippen LogP contribution in [-0.4, -0.2) is 43.7 Å². The van der Waals surface area contributed by atoms with Crippen molar-refractivity contribution in [3.05, 3.63) is 48.2 Å². The number of rotatable bonds is 2. The Labute approximate surface area is 155 Å². The highest BCUT2D eigenvalue weighted by molar-refractivity contribution is 6.01. The minimum Gasteiger partial charge on any atom is -0.382 e. The number of anilines is 1. The number of pyridine rings is 1. The van der Waals surface area contributed by atoms with Crippen LogP contribution >= 0.6 is 0 Å². The summed E-state index contributed by atoms with van der Waals surface area (Å²) >= 11 is 0. The summed E-state index contributed by atoms with van der Waals surface area (Å²) in [5.41, 5.74) is 10.1. The number of nitrogens with two attached hydrogens (primary N) is 1. The molecule has 7 nitrogen and oxygen atoms in total. The second-order valence-corrected chi connectivity index (χ2v) is 6.99. The van der Waals surface area contributed by atoms with E-state index in [1.54, 1.807) is 6.20 Å². The summed E-state index contributed by atoms with van der Waals surface area (Å²) in [7, 11) is 0. The van der Waals surface area contributed by atoms with Gasteiger partial charge in [-0.3, -0.25) is 9.89 Å². The molecule has 3 N–H and O–H groups in total. The fourth-order valence-electron chi connectivity index (χ4n) is 3.86. The average molecular weight is 360 g/mol. The third kappa shape index (κ3) is 2.54. The number of nitrogens with one attached hydrogen (secondary N) is 1. The number of benzene rings is 1. The van der Waals surface area contributed by atoms with Gasteiger partial charge in [0, 0.05) is 24.0 Å². The van der Waals surface area contributed by atoms with Gasteiger partial charge in [0.25, 0.3) is 5.91 Å². The normalized spacial score (nSPS) is 14.9. The Morgan fingerprint density at radius 3 is 2.81 bits per heavy atom. The minimum absolute atomic E-state index is 0.0682. The lowest BCUT2D eigenvalue weighted by atomic mass is 10.1. The van der Waals surface area contributed by atoms with E-state index in [-0.39, 0.29) is 5.91 Å². The van der Waals surface area contributed by atoms with Crippen molar-refractivity contribution in [3.63, 3.8) is 0 Å². The van der Waals surface area contributed by atoms with Crippen LogP contribution in [-0.2, 0) is 0 Å². The van der Waals surface area contributed by atoms with Gasteiger partial charge in [-0.25, -0.2) is 4.52 Å². The molecule has 4 heterocycles. The molecule has 0 spiro atoms. The first kappa shape index (κ1) is 15.9. The van der Waals surface area contributed by atoms with E-state index in [0.717, 1.165) is 53.6 Å². The van der Waals surface area contributed by atoms with E-state index in [1.807, 2.05) is 45.8 Å². The van der Waals surface area contributed by atoms with E-state index < -0.39 is 0 Å². The number of carbonyl (C=O) groups is 1. The van der Waals surface area contributed by atoms with Crippen LogP contribution in [0.4, 0.5) is 5.82 Å². The van der Waals surface area contributed by atoms with Crippen LogP contribution < -0.4 is 5.73 Å². The first-order valence-electron chi connectivity index (χ1n) is 9.22. The number of likely N-dealkylation sites (tertiary alicyclic amines) is 1. The van der Waals surface area contributed by atoms with E-state index in [4.69, 9.17) is 5.73 Å². The van der Waals surface area contributed by atoms with Crippen LogP contribution in [0, 0.1) is 0 Å². The molecule has 136 valence electrons. The highest BCUT2D eigenvalue weighted by Gasteiger charge is 2.22. The molecule has 0 aliphatic carbocycles. The number of hydrogen-bond acceptors (Lipinski definition) is 4. The predicted octanol–water partition coefficient (Wildman–Crippen LogP) is 3.09.